The number of aromatic nitrogens is 1. The average Bonchev–Trinajstić information content (AvgIpc) is 3.02. The molecule has 0 saturated heterocycles. The second-order valence-corrected chi connectivity index (χ2v) is 12.1. The number of nitrogens with zero attached hydrogens (tertiary/aromatic N) is 1. The van der Waals surface area contributed by atoms with Crippen molar-refractivity contribution in [2.75, 3.05) is 0 Å². The van der Waals surface area contributed by atoms with E-state index in [1.165, 1.54) is 0 Å². The largest absolute Gasteiger partial charge is 0.458 e. The zero-order valence-corrected chi connectivity index (χ0v) is 19.9. The molecule has 1 aromatic carbocycles. The Balaban J connectivity index is 2.26. The second-order valence-electron chi connectivity index (χ2n) is 8.87. The molecule has 1 unspecified atom stereocenters. The maximum Gasteiger partial charge on any atom is 0.408 e. The number of benzene rings is 1. The molecule has 1 heterocycles. The molecule has 0 bridgehead atoms. The predicted molar refractivity (Wildman–Crippen MR) is 115 cm³/mol. The standard InChI is InChI=1S/C20H27FN2O6S2/c1-19(2,3)28-16(24)13(22-17(25)29-20(4,5)6)11-15(21)31(26,27)18-23-12-9-7-8-10-14(12)30-18/h7-10,13,15H,11H2,1-6H3,(H,22,25)/t13-,15?/m0/s1. The minimum absolute atomic E-state index is 0.401. The van der Waals surface area contributed by atoms with Crippen molar-refractivity contribution in [3.63, 3.8) is 0 Å². The smallest absolute Gasteiger partial charge is 0.408 e. The number of hydrogen-bond donors (Lipinski definition) is 1. The number of nitrogens with one attached hydrogen (secondary N) is 1. The van der Waals surface area contributed by atoms with Crippen LogP contribution in [0.4, 0.5) is 9.18 Å². The Bertz CT molecular complexity index is 1020. The molecule has 2 aromatic rings. The highest BCUT2D eigenvalue weighted by molar-refractivity contribution is 7.93. The van der Waals surface area contributed by atoms with Crippen LogP contribution in [0.1, 0.15) is 48.0 Å². The SMILES string of the molecule is CC(C)(C)OC(=O)N[C@@H](CC(F)S(=O)(=O)c1nc2ccccc2s1)C(=O)OC(C)(C)C. The van der Waals surface area contributed by atoms with Gasteiger partial charge in [0.15, 0.2) is 0 Å². The topological polar surface area (TPSA) is 112 Å². The van der Waals surface area contributed by atoms with E-state index in [1.807, 2.05) is 0 Å². The van der Waals surface area contributed by atoms with Gasteiger partial charge in [0, 0.05) is 6.42 Å². The molecule has 0 aliphatic rings. The number of sulfone groups is 1. The molecule has 0 fully saturated rings. The molecule has 0 saturated carbocycles. The summed E-state index contributed by atoms with van der Waals surface area (Å²) in [5.74, 6) is -0.972. The first kappa shape index (κ1) is 25.0. The fraction of sp³-hybridized carbons (Fsp3) is 0.550. The van der Waals surface area contributed by atoms with Crippen molar-refractivity contribution >= 4 is 43.5 Å². The highest BCUT2D eigenvalue weighted by Crippen LogP contribution is 2.29. The average molecular weight is 475 g/mol. The summed E-state index contributed by atoms with van der Waals surface area (Å²) < 4.78 is 51.0. The Morgan fingerprint density at radius 3 is 2.23 bits per heavy atom. The summed E-state index contributed by atoms with van der Waals surface area (Å²) in [6.45, 7) is 9.64. The van der Waals surface area contributed by atoms with Gasteiger partial charge in [0.2, 0.25) is 19.7 Å². The third-order valence-electron chi connectivity index (χ3n) is 3.66. The Hall–Kier alpha value is -2.27. The van der Waals surface area contributed by atoms with Crippen molar-refractivity contribution in [3.8, 4) is 0 Å². The molecule has 2 rings (SSSR count). The lowest BCUT2D eigenvalue weighted by Crippen LogP contribution is -2.47. The van der Waals surface area contributed by atoms with Gasteiger partial charge in [-0.3, -0.25) is 0 Å². The second kappa shape index (κ2) is 9.07. The van der Waals surface area contributed by atoms with E-state index in [4.69, 9.17) is 9.47 Å². The van der Waals surface area contributed by atoms with Crippen LogP contribution in [0.25, 0.3) is 10.2 Å². The number of hydrogen-bond acceptors (Lipinski definition) is 8. The van der Waals surface area contributed by atoms with Crippen molar-refractivity contribution < 1.29 is 31.9 Å². The molecule has 2 atom stereocenters. The van der Waals surface area contributed by atoms with Crippen LogP contribution in [-0.2, 0) is 24.1 Å². The highest BCUT2D eigenvalue weighted by Gasteiger charge is 2.38. The fourth-order valence-corrected chi connectivity index (χ4v) is 5.07. The number of alkyl carbamates (subject to hydrolysis) is 1. The molecule has 0 aliphatic heterocycles. The highest BCUT2D eigenvalue weighted by atomic mass is 32.2. The summed E-state index contributed by atoms with van der Waals surface area (Å²) in [7, 11) is -4.50. The number of para-hydroxylation sites is 1. The van der Waals surface area contributed by atoms with Gasteiger partial charge in [0.1, 0.15) is 17.2 Å². The molecular weight excluding hydrogens is 447 g/mol. The number of alkyl halides is 1. The summed E-state index contributed by atoms with van der Waals surface area (Å²) in [6, 6.07) is 5.12. The van der Waals surface area contributed by atoms with E-state index in [1.54, 1.807) is 65.8 Å². The fourth-order valence-electron chi connectivity index (χ4n) is 2.43. The maximum atomic E-state index is 15.0. The monoisotopic (exact) mass is 474 g/mol. The molecule has 8 nitrogen and oxygen atoms in total. The lowest BCUT2D eigenvalue weighted by atomic mass is 10.1. The molecule has 0 spiro atoms. The number of carbonyl (C=O) groups excluding carboxylic acids is 2. The Labute approximate surface area is 185 Å². The Kier molecular flexibility index (Phi) is 7.32. The zero-order chi connectivity index (χ0) is 23.6. The van der Waals surface area contributed by atoms with Crippen molar-refractivity contribution in [2.45, 2.75) is 75.1 Å². The van der Waals surface area contributed by atoms with Gasteiger partial charge in [-0.1, -0.05) is 12.1 Å². The van der Waals surface area contributed by atoms with Gasteiger partial charge in [-0.25, -0.2) is 27.4 Å². The first-order valence-electron chi connectivity index (χ1n) is 9.54. The summed E-state index contributed by atoms with van der Waals surface area (Å²) >= 11 is 0.833. The first-order valence-corrected chi connectivity index (χ1v) is 11.9. The molecule has 0 aliphatic carbocycles. The van der Waals surface area contributed by atoms with Gasteiger partial charge in [-0.05, 0) is 53.7 Å². The molecular formula is C20H27FN2O6S2. The zero-order valence-electron chi connectivity index (χ0n) is 18.3. The summed E-state index contributed by atoms with van der Waals surface area (Å²) in [4.78, 5) is 28.7. The van der Waals surface area contributed by atoms with Crippen LogP contribution in [0.5, 0.6) is 0 Å². The number of carbonyl (C=O) groups is 2. The van der Waals surface area contributed by atoms with Crippen molar-refractivity contribution in [3.05, 3.63) is 24.3 Å². The van der Waals surface area contributed by atoms with Crippen molar-refractivity contribution in [2.24, 2.45) is 0 Å². The van der Waals surface area contributed by atoms with Gasteiger partial charge >= 0.3 is 12.1 Å². The van der Waals surface area contributed by atoms with E-state index < -0.39 is 55.4 Å². The third-order valence-corrected chi connectivity index (χ3v) is 6.88. The van der Waals surface area contributed by atoms with E-state index in [0.717, 1.165) is 11.3 Å². The first-order chi connectivity index (χ1) is 14.1. The number of halogens is 1. The number of amides is 1. The summed E-state index contributed by atoms with van der Waals surface area (Å²) in [5.41, 5.74) is -3.87. The van der Waals surface area contributed by atoms with E-state index >= 15 is 4.39 Å². The molecule has 1 aromatic heterocycles. The van der Waals surface area contributed by atoms with Crippen LogP contribution < -0.4 is 5.32 Å². The summed E-state index contributed by atoms with van der Waals surface area (Å²) in [5, 5.41) is 2.22. The molecule has 31 heavy (non-hydrogen) atoms. The normalized spacial score (nSPS) is 14.7. The number of esters is 1. The van der Waals surface area contributed by atoms with E-state index in [0.29, 0.717) is 10.2 Å². The van der Waals surface area contributed by atoms with Crippen LogP contribution in [0.2, 0.25) is 0 Å². The van der Waals surface area contributed by atoms with Crippen LogP contribution in [0.3, 0.4) is 0 Å². The van der Waals surface area contributed by atoms with Gasteiger partial charge in [-0.2, -0.15) is 0 Å². The van der Waals surface area contributed by atoms with Crippen molar-refractivity contribution in [1.82, 2.24) is 10.3 Å². The number of rotatable bonds is 6. The number of fused-ring (bicyclic) bond motifs is 1. The number of thiazole rings is 1. The van der Waals surface area contributed by atoms with Gasteiger partial charge in [-0.15, -0.1) is 11.3 Å². The molecule has 11 heteroatoms. The van der Waals surface area contributed by atoms with Crippen LogP contribution in [-0.4, -0.2) is 48.2 Å². The quantitative estimate of drug-likeness (QED) is 0.630. The summed E-state index contributed by atoms with van der Waals surface area (Å²) in [6.07, 6.45) is -1.85. The van der Waals surface area contributed by atoms with E-state index in [9.17, 15) is 18.0 Å². The Morgan fingerprint density at radius 2 is 1.68 bits per heavy atom. The van der Waals surface area contributed by atoms with Crippen LogP contribution in [0, 0.1) is 0 Å². The molecule has 1 N–H and O–H groups in total. The predicted octanol–water partition coefficient (Wildman–Crippen LogP) is 3.99. The van der Waals surface area contributed by atoms with E-state index in [-0.39, 0.29) is 0 Å². The van der Waals surface area contributed by atoms with Crippen molar-refractivity contribution in [1.29, 1.82) is 0 Å². The van der Waals surface area contributed by atoms with Gasteiger partial charge < -0.3 is 14.8 Å². The van der Waals surface area contributed by atoms with Gasteiger partial charge in [0.25, 0.3) is 0 Å². The minimum atomic E-state index is -4.50. The van der Waals surface area contributed by atoms with Crippen LogP contribution >= 0.6 is 11.3 Å². The number of ether oxygens (including phenoxy) is 2. The van der Waals surface area contributed by atoms with E-state index in [2.05, 4.69) is 10.3 Å². The Morgan fingerprint density at radius 1 is 1.10 bits per heavy atom. The molecule has 0 radical (unpaired) electrons. The minimum Gasteiger partial charge on any atom is -0.458 e. The third kappa shape index (κ3) is 7.13. The molecule has 172 valence electrons. The van der Waals surface area contributed by atoms with Crippen LogP contribution in [0.15, 0.2) is 28.6 Å². The lowest BCUT2D eigenvalue weighted by Gasteiger charge is -2.26. The van der Waals surface area contributed by atoms with Gasteiger partial charge in [0.05, 0.1) is 10.2 Å². The molecule has 1 amide bonds. The lowest BCUT2D eigenvalue weighted by molar-refractivity contribution is -0.157. The maximum absolute atomic E-state index is 15.0.